The van der Waals surface area contributed by atoms with Gasteiger partial charge in [-0.3, -0.25) is 9.59 Å². The van der Waals surface area contributed by atoms with Gasteiger partial charge in [0.2, 0.25) is 5.91 Å². The van der Waals surface area contributed by atoms with Gasteiger partial charge >= 0.3 is 5.97 Å². The lowest BCUT2D eigenvalue weighted by atomic mass is 9.84. The molecule has 0 aromatic heterocycles. The van der Waals surface area contributed by atoms with Crippen molar-refractivity contribution in [3.8, 4) is 0 Å². The minimum atomic E-state index is -0.368. The lowest BCUT2D eigenvalue weighted by molar-refractivity contribution is -0.145. The fraction of sp³-hybridized carbons (Fsp3) is 0.867. The number of carbonyl (C=O) groups is 2. The monoisotopic (exact) mass is 284 g/mol. The van der Waals surface area contributed by atoms with E-state index in [-0.39, 0.29) is 35.8 Å². The molecule has 1 amide bonds. The van der Waals surface area contributed by atoms with E-state index >= 15 is 0 Å². The van der Waals surface area contributed by atoms with Crippen LogP contribution in [0.2, 0.25) is 0 Å². The van der Waals surface area contributed by atoms with Gasteiger partial charge in [-0.15, -0.1) is 0 Å². The summed E-state index contributed by atoms with van der Waals surface area (Å²) in [5, 5.41) is 0. The number of likely N-dealkylation sites (N-methyl/N-ethyl adjacent to an activating group) is 1. The maximum Gasteiger partial charge on any atom is 0.306 e. The van der Waals surface area contributed by atoms with E-state index in [2.05, 4.69) is 25.8 Å². The molecule has 1 aliphatic heterocycles. The van der Waals surface area contributed by atoms with E-state index < -0.39 is 0 Å². The zero-order valence-electron chi connectivity index (χ0n) is 13.6. The Morgan fingerprint density at radius 2 is 1.65 bits per heavy atom. The third-order valence-corrected chi connectivity index (χ3v) is 3.87. The molecule has 0 aromatic carbocycles. The molecule has 0 aliphatic carbocycles. The van der Waals surface area contributed by atoms with E-state index in [0.717, 1.165) is 13.1 Å². The highest BCUT2D eigenvalue weighted by Gasteiger charge is 2.35. The van der Waals surface area contributed by atoms with Crippen molar-refractivity contribution in [2.75, 3.05) is 27.2 Å². The van der Waals surface area contributed by atoms with Gasteiger partial charge in [-0.1, -0.05) is 13.8 Å². The van der Waals surface area contributed by atoms with E-state index in [4.69, 9.17) is 4.74 Å². The highest BCUT2D eigenvalue weighted by molar-refractivity contribution is 5.79. The lowest BCUT2D eigenvalue weighted by Gasteiger charge is -2.44. The van der Waals surface area contributed by atoms with Crippen LogP contribution in [0.3, 0.4) is 0 Å². The number of piperazine rings is 1. The fourth-order valence-corrected chi connectivity index (χ4v) is 3.10. The summed E-state index contributed by atoms with van der Waals surface area (Å²) in [6, 6.07) is 0.426. The Hall–Kier alpha value is -1.10. The van der Waals surface area contributed by atoms with Crippen molar-refractivity contribution < 1.29 is 14.3 Å². The Kier molecular flexibility index (Phi) is 5.57. The van der Waals surface area contributed by atoms with Gasteiger partial charge in [-0.25, -0.2) is 0 Å². The van der Waals surface area contributed by atoms with Crippen molar-refractivity contribution in [3.05, 3.63) is 0 Å². The highest BCUT2D eigenvalue weighted by Crippen LogP contribution is 2.28. The topological polar surface area (TPSA) is 49.9 Å². The largest absolute Gasteiger partial charge is 0.469 e. The van der Waals surface area contributed by atoms with Gasteiger partial charge in [0, 0.05) is 31.6 Å². The molecule has 0 aromatic rings. The molecule has 1 aliphatic rings. The number of carbonyl (C=O) groups excluding carboxylic acids is 2. The number of methoxy groups -OCH3 is 1. The summed E-state index contributed by atoms with van der Waals surface area (Å²) in [5.74, 6) is -0.130. The normalized spacial score (nSPS) is 24.6. The molecule has 1 saturated heterocycles. The van der Waals surface area contributed by atoms with Crippen LogP contribution in [0.25, 0.3) is 0 Å². The van der Waals surface area contributed by atoms with E-state index in [0.29, 0.717) is 6.42 Å². The molecule has 0 saturated carbocycles. The zero-order valence-corrected chi connectivity index (χ0v) is 13.6. The summed E-state index contributed by atoms with van der Waals surface area (Å²) in [6.07, 6.45) is 0.645. The minimum Gasteiger partial charge on any atom is -0.469 e. The Morgan fingerprint density at radius 3 is 2.10 bits per heavy atom. The van der Waals surface area contributed by atoms with Gasteiger partial charge in [0.15, 0.2) is 0 Å². The smallest absolute Gasteiger partial charge is 0.306 e. The first-order valence-corrected chi connectivity index (χ1v) is 7.23. The Balaban J connectivity index is 2.67. The molecule has 2 atom stereocenters. The van der Waals surface area contributed by atoms with Gasteiger partial charge in [-0.2, -0.15) is 0 Å². The summed E-state index contributed by atoms with van der Waals surface area (Å²) >= 11 is 0. The summed E-state index contributed by atoms with van der Waals surface area (Å²) < 4.78 is 4.70. The van der Waals surface area contributed by atoms with E-state index in [1.165, 1.54) is 7.11 Å². The second-order valence-corrected chi connectivity index (χ2v) is 6.81. The average molecular weight is 284 g/mol. The predicted octanol–water partition coefficient (Wildman–Crippen LogP) is 1.52. The standard InChI is InChI=1S/C15H28N2O3/c1-11-9-16(5)10-12(2)17(11)13(18)7-15(3,4)8-14(19)20-6/h11-12H,7-10H2,1-6H3/t11-,12+. The maximum absolute atomic E-state index is 12.6. The number of esters is 1. The van der Waals surface area contributed by atoms with Crippen LogP contribution in [0.15, 0.2) is 0 Å². The maximum atomic E-state index is 12.6. The third kappa shape index (κ3) is 4.47. The van der Waals surface area contributed by atoms with Gasteiger partial charge in [0.1, 0.15) is 0 Å². The Bertz CT molecular complexity index is 356. The fourth-order valence-electron chi connectivity index (χ4n) is 3.10. The first-order chi connectivity index (χ1) is 9.16. The van der Waals surface area contributed by atoms with Crippen molar-refractivity contribution >= 4 is 11.9 Å². The van der Waals surface area contributed by atoms with Gasteiger partial charge in [0.05, 0.1) is 13.5 Å². The van der Waals surface area contributed by atoms with Crippen LogP contribution in [-0.4, -0.2) is 61.0 Å². The highest BCUT2D eigenvalue weighted by atomic mass is 16.5. The number of hydrogen-bond acceptors (Lipinski definition) is 4. The van der Waals surface area contributed by atoms with Gasteiger partial charge in [0.25, 0.3) is 0 Å². The van der Waals surface area contributed by atoms with Crippen LogP contribution in [0, 0.1) is 5.41 Å². The molecule has 1 heterocycles. The molecule has 1 fully saturated rings. The van der Waals surface area contributed by atoms with Gasteiger partial charge < -0.3 is 14.5 Å². The minimum absolute atomic E-state index is 0.131. The van der Waals surface area contributed by atoms with Crippen molar-refractivity contribution in [3.63, 3.8) is 0 Å². The molecular weight excluding hydrogens is 256 g/mol. The molecule has 20 heavy (non-hydrogen) atoms. The van der Waals surface area contributed by atoms with Crippen molar-refractivity contribution in [2.24, 2.45) is 5.41 Å². The number of rotatable bonds is 4. The van der Waals surface area contributed by atoms with Crippen LogP contribution in [-0.2, 0) is 14.3 Å². The lowest BCUT2D eigenvalue weighted by Crippen LogP contribution is -2.58. The second-order valence-electron chi connectivity index (χ2n) is 6.81. The quantitative estimate of drug-likeness (QED) is 0.734. The number of ether oxygens (including phenoxy) is 1. The first kappa shape index (κ1) is 17.0. The average Bonchev–Trinajstić information content (AvgIpc) is 2.25. The molecule has 5 heteroatoms. The molecular formula is C15H28N2O3. The van der Waals surface area contributed by atoms with Crippen LogP contribution in [0.5, 0.6) is 0 Å². The molecule has 5 nitrogen and oxygen atoms in total. The first-order valence-electron chi connectivity index (χ1n) is 7.23. The molecule has 0 spiro atoms. The zero-order chi connectivity index (χ0) is 15.5. The van der Waals surface area contributed by atoms with Gasteiger partial charge in [-0.05, 0) is 26.3 Å². The molecule has 0 unspecified atom stereocenters. The van der Waals surface area contributed by atoms with E-state index in [9.17, 15) is 9.59 Å². The number of nitrogens with zero attached hydrogens (tertiary/aromatic N) is 2. The second kappa shape index (κ2) is 6.57. The molecule has 116 valence electrons. The summed E-state index contributed by atoms with van der Waals surface area (Å²) in [7, 11) is 3.46. The van der Waals surface area contributed by atoms with Crippen molar-refractivity contribution in [1.29, 1.82) is 0 Å². The number of hydrogen-bond donors (Lipinski definition) is 0. The molecule has 0 N–H and O–H groups in total. The van der Waals surface area contributed by atoms with Crippen LogP contribution < -0.4 is 0 Å². The summed E-state index contributed by atoms with van der Waals surface area (Å²) in [5.41, 5.74) is -0.368. The van der Waals surface area contributed by atoms with E-state index in [1.807, 2.05) is 18.7 Å². The molecule has 0 bridgehead atoms. The summed E-state index contributed by atoms with van der Waals surface area (Å²) in [6.45, 7) is 9.83. The Morgan fingerprint density at radius 1 is 1.15 bits per heavy atom. The Labute approximate surface area is 122 Å². The van der Waals surface area contributed by atoms with Crippen LogP contribution in [0.1, 0.15) is 40.5 Å². The predicted molar refractivity (Wildman–Crippen MR) is 78.3 cm³/mol. The molecule has 0 radical (unpaired) electrons. The molecule has 1 rings (SSSR count). The van der Waals surface area contributed by atoms with Crippen LogP contribution in [0.4, 0.5) is 0 Å². The van der Waals surface area contributed by atoms with E-state index in [1.54, 1.807) is 0 Å². The van der Waals surface area contributed by atoms with Crippen LogP contribution >= 0.6 is 0 Å². The SMILES string of the molecule is COC(=O)CC(C)(C)CC(=O)N1[C@H](C)CN(C)C[C@@H]1C. The van der Waals surface area contributed by atoms with Crippen molar-refractivity contribution in [1.82, 2.24) is 9.80 Å². The number of amides is 1. The summed E-state index contributed by atoms with van der Waals surface area (Å²) in [4.78, 5) is 28.2. The third-order valence-electron chi connectivity index (χ3n) is 3.87. The van der Waals surface area contributed by atoms with Crippen molar-refractivity contribution in [2.45, 2.75) is 52.6 Å².